The molecule has 1 aliphatic heterocycles. The van der Waals surface area contributed by atoms with Crippen LogP contribution < -0.4 is 10.6 Å². The van der Waals surface area contributed by atoms with Crippen LogP contribution in [0.1, 0.15) is 18.5 Å². The predicted octanol–water partition coefficient (Wildman–Crippen LogP) is 2.58. The molecule has 0 saturated carbocycles. The molecule has 26 heavy (non-hydrogen) atoms. The number of rotatable bonds is 4. The maximum Gasteiger partial charge on any atom is 0.337 e. The number of hydrogen-bond donors (Lipinski definition) is 2. The second kappa shape index (κ2) is 8.26. The van der Waals surface area contributed by atoms with E-state index in [4.69, 9.17) is 4.74 Å². The number of nitrogens with zero attached hydrogens (tertiary/aromatic N) is 1. The Morgan fingerprint density at radius 1 is 1.35 bits per heavy atom. The van der Waals surface area contributed by atoms with Crippen molar-refractivity contribution in [2.24, 2.45) is 0 Å². The smallest absolute Gasteiger partial charge is 0.337 e. The van der Waals surface area contributed by atoms with Gasteiger partial charge in [-0.05, 0) is 24.6 Å². The monoisotopic (exact) mass is 431 g/mol. The van der Waals surface area contributed by atoms with Crippen molar-refractivity contribution in [3.05, 3.63) is 46.7 Å². The van der Waals surface area contributed by atoms with Crippen LogP contribution in [0.2, 0.25) is 0 Å². The number of methoxy groups -OCH3 is 1. The number of halogens is 3. The van der Waals surface area contributed by atoms with Gasteiger partial charge in [0.15, 0.2) is 11.6 Å². The molecule has 0 bridgehead atoms. The summed E-state index contributed by atoms with van der Waals surface area (Å²) in [4.78, 5) is 37.8. The predicted molar refractivity (Wildman–Crippen MR) is 91.4 cm³/mol. The summed E-state index contributed by atoms with van der Waals surface area (Å²) in [5.41, 5.74) is 0.140. The van der Waals surface area contributed by atoms with Crippen molar-refractivity contribution in [3.8, 4) is 0 Å². The van der Waals surface area contributed by atoms with E-state index in [0.717, 1.165) is 24.1 Å². The van der Waals surface area contributed by atoms with Crippen molar-refractivity contribution in [2.75, 3.05) is 19.0 Å². The minimum absolute atomic E-state index is 0.0486. The van der Waals surface area contributed by atoms with Crippen LogP contribution in [-0.4, -0.2) is 41.9 Å². The molecule has 1 aromatic rings. The average Bonchev–Trinajstić information content (AvgIpc) is 2.60. The summed E-state index contributed by atoms with van der Waals surface area (Å²) >= 11 is 3.14. The van der Waals surface area contributed by atoms with E-state index in [9.17, 15) is 23.2 Å². The third-order valence-corrected chi connectivity index (χ3v) is 4.10. The highest BCUT2D eigenvalue weighted by Crippen LogP contribution is 2.34. The van der Waals surface area contributed by atoms with Gasteiger partial charge in [-0.1, -0.05) is 22.0 Å². The fraction of sp³-hybridized carbons (Fsp3) is 0.312. The fourth-order valence-electron chi connectivity index (χ4n) is 2.56. The standard InChI is InChI=1S/C16H16BrF2N3O4/c1-8-12(14(23)26-2)13(9-3-4-10(18)11(19)7-9)22(16(25)21-8)15(24)20-6-5-17/h3-4,7,13H,5-6H2,1-2H3,(H,20,24)(H,21,25). The topological polar surface area (TPSA) is 87.7 Å². The molecule has 2 N–H and O–H groups in total. The summed E-state index contributed by atoms with van der Waals surface area (Å²) in [5, 5.41) is 5.32. The Morgan fingerprint density at radius 2 is 2.04 bits per heavy atom. The van der Waals surface area contributed by atoms with Crippen LogP contribution in [0.25, 0.3) is 0 Å². The maximum atomic E-state index is 13.7. The molecule has 4 amide bonds. The largest absolute Gasteiger partial charge is 0.466 e. The van der Waals surface area contributed by atoms with Gasteiger partial charge in [0.05, 0.1) is 12.7 Å². The number of carbonyl (C=O) groups is 3. The molecule has 1 atom stereocenters. The first-order valence-electron chi connectivity index (χ1n) is 7.49. The molecule has 10 heteroatoms. The molecule has 0 aromatic heterocycles. The summed E-state index contributed by atoms with van der Waals surface area (Å²) in [7, 11) is 1.14. The zero-order chi connectivity index (χ0) is 19.4. The van der Waals surface area contributed by atoms with Crippen LogP contribution in [-0.2, 0) is 9.53 Å². The SMILES string of the molecule is COC(=O)C1=C(C)NC(=O)N(C(=O)NCCBr)C1c1ccc(F)c(F)c1. The lowest BCUT2D eigenvalue weighted by atomic mass is 9.94. The number of imide groups is 1. The molecule has 140 valence electrons. The highest BCUT2D eigenvalue weighted by molar-refractivity contribution is 9.09. The van der Waals surface area contributed by atoms with Gasteiger partial charge in [-0.15, -0.1) is 0 Å². The first-order chi connectivity index (χ1) is 12.3. The Hall–Kier alpha value is -2.49. The summed E-state index contributed by atoms with van der Waals surface area (Å²) < 4.78 is 31.8. The fourth-order valence-corrected chi connectivity index (χ4v) is 2.76. The van der Waals surface area contributed by atoms with Crippen LogP contribution in [0.4, 0.5) is 18.4 Å². The number of benzene rings is 1. The number of esters is 1. The molecule has 0 aliphatic carbocycles. The molecular weight excluding hydrogens is 416 g/mol. The molecule has 0 saturated heterocycles. The third-order valence-electron chi connectivity index (χ3n) is 3.70. The van der Waals surface area contributed by atoms with Gasteiger partial charge in [0.1, 0.15) is 6.04 Å². The number of urea groups is 2. The second-order valence-corrected chi connectivity index (χ2v) is 6.12. The molecule has 1 unspecified atom stereocenters. The maximum absolute atomic E-state index is 13.7. The zero-order valence-corrected chi connectivity index (χ0v) is 15.5. The molecule has 1 aliphatic rings. The van der Waals surface area contributed by atoms with Gasteiger partial charge in [-0.3, -0.25) is 0 Å². The summed E-state index contributed by atoms with van der Waals surface area (Å²) in [5.74, 6) is -3.07. The first-order valence-corrected chi connectivity index (χ1v) is 8.62. The minimum atomic E-state index is -1.28. The Kier molecular flexibility index (Phi) is 6.30. The zero-order valence-electron chi connectivity index (χ0n) is 13.9. The number of carbonyl (C=O) groups excluding carboxylic acids is 3. The van der Waals surface area contributed by atoms with E-state index in [1.54, 1.807) is 0 Å². The van der Waals surface area contributed by atoms with Crippen molar-refractivity contribution >= 4 is 34.0 Å². The molecule has 0 radical (unpaired) electrons. The van der Waals surface area contributed by atoms with Gasteiger partial charge in [0.2, 0.25) is 0 Å². The number of nitrogens with one attached hydrogen (secondary N) is 2. The third kappa shape index (κ3) is 3.85. The Bertz CT molecular complexity index is 785. The molecule has 1 aromatic carbocycles. The first kappa shape index (κ1) is 19.8. The number of hydrogen-bond acceptors (Lipinski definition) is 4. The summed E-state index contributed by atoms with van der Waals surface area (Å²) in [6.45, 7) is 1.66. The lowest BCUT2D eigenvalue weighted by molar-refractivity contribution is -0.136. The van der Waals surface area contributed by atoms with E-state index in [1.807, 2.05) is 0 Å². The van der Waals surface area contributed by atoms with E-state index in [0.29, 0.717) is 5.33 Å². The van der Waals surface area contributed by atoms with Gasteiger partial charge in [-0.2, -0.15) is 0 Å². The molecule has 2 rings (SSSR count). The Labute approximate surface area is 156 Å². The van der Waals surface area contributed by atoms with Crippen molar-refractivity contribution in [1.82, 2.24) is 15.5 Å². The van der Waals surface area contributed by atoms with E-state index in [1.165, 1.54) is 13.0 Å². The normalized spacial score (nSPS) is 17.0. The van der Waals surface area contributed by atoms with Crippen LogP contribution in [0.3, 0.4) is 0 Å². The molecule has 0 fully saturated rings. The van der Waals surface area contributed by atoms with Crippen LogP contribution in [0, 0.1) is 11.6 Å². The van der Waals surface area contributed by atoms with Crippen molar-refractivity contribution < 1.29 is 27.9 Å². The van der Waals surface area contributed by atoms with Gasteiger partial charge >= 0.3 is 18.0 Å². The van der Waals surface area contributed by atoms with Crippen molar-refractivity contribution in [2.45, 2.75) is 13.0 Å². The lowest BCUT2D eigenvalue weighted by Gasteiger charge is -2.36. The number of amides is 4. The summed E-state index contributed by atoms with van der Waals surface area (Å²) in [6, 6.07) is 0.00211. The number of allylic oxidation sites excluding steroid dienone is 1. The van der Waals surface area contributed by atoms with Crippen molar-refractivity contribution in [3.63, 3.8) is 0 Å². The van der Waals surface area contributed by atoms with Gasteiger partial charge in [0.25, 0.3) is 0 Å². The second-order valence-electron chi connectivity index (χ2n) is 5.33. The lowest BCUT2D eigenvalue weighted by Crippen LogP contribution is -2.54. The molecule has 7 nitrogen and oxygen atoms in total. The molecular formula is C16H16BrF2N3O4. The molecule has 0 spiro atoms. The van der Waals surface area contributed by atoms with Gasteiger partial charge < -0.3 is 15.4 Å². The Morgan fingerprint density at radius 3 is 2.62 bits per heavy atom. The van der Waals surface area contributed by atoms with Crippen LogP contribution in [0.5, 0.6) is 0 Å². The highest BCUT2D eigenvalue weighted by atomic mass is 79.9. The number of alkyl halides is 1. The summed E-state index contributed by atoms with van der Waals surface area (Å²) in [6.07, 6.45) is 0. The highest BCUT2D eigenvalue weighted by Gasteiger charge is 2.42. The van der Waals surface area contributed by atoms with E-state index in [-0.39, 0.29) is 23.4 Å². The number of ether oxygens (including phenoxy) is 1. The van der Waals surface area contributed by atoms with E-state index < -0.39 is 35.7 Å². The minimum Gasteiger partial charge on any atom is -0.466 e. The van der Waals surface area contributed by atoms with Gasteiger partial charge in [0, 0.05) is 17.6 Å². The van der Waals surface area contributed by atoms with Crippen LogP contribution in [0.15, 0.2) is 29.5 Å². The Balaban J connectivity index is 2.61. The quantitative estimate of drug-likeness (QED) is 0.566. The van der Waals surface area contributed by atoms with Crippen molar-refractivity contribution in [1.29, 1.82) is 0 Å². The van der Waals surface area contributed by atoms with E-state index >= 15 is 0 Å². The van der Waals surface area contributed by atoms with Gasteiger partial charge in [-0.25, -0.2) is 28.1 Å². The molecule has 1 heterocycles. The van der Waals surface area contributed by atoms with Crippen LogP contribution >= 0.6 is 15.9 Å². The van der Waals surface area contributed by atoms with E-state index in [2.05, 4.69) is 26.6 Å². The average molecular weight is 432 g/mol.